The average molecular weight is 298 g/mol. The first-order valence-electron chi connectivity index (χ1n) is 6.93. The van der Waals surface area contributed by atoms with E-state index in [0.717, 1.165) is 16.5 Å². The van der Waals surface area contributed by atoms with Gasteiger partial charge in [-0.05, 0) is 35.7 Å². The minimum Gasteiger partial charge on any atom is -0.465 e. The van der Waals surface area contributed by atoms with E-state index in [1.165, 1.54) is 12.1 Å². The number of nitrogens with one attached hydrogen (secondary N) is 2. The zero-order valence-electron chi connectivity index (χ0n) is 11.7. The van der Waals surface area contributed by atoms with Crippen molar-refractivity contribution in [2.75, 3.05) is 0 Å². The Kier molecular flexibility index (Phi) is 3.78. The van der Waals surface area contributed by atoms with E-state index in [-0.39, 0.29) is 5.82 Å². The Morgan fingerprint density at radius 2 is 2.05 bits per heavy atom. The number of hydrogen-bond donors (Lipinski definition) is 3. The van der Waals surface area contributed by atoms with Crippen molar-refractivity contribution < 1.29 is 14.3 Å². The van der Waals surface area contributed by atoms with E-state index in [9.17, 15) is 9.18 Å². The number of carbonyl (C=O) groups is 1. The molecule has 0 aliphatic heterocycles. The summed E-state index contributed by atoms with van der Waals surface area (Å²) in [5.41, 5.74) is 2.58. The molecular weight excluding hydrogens is 283 g/mol. The van der Waals surface area contributed by atoms with Gasteiger partial charge in [0.05, 0.1) is 6.04 Å². The standard InChI is InChI=1S/C17H15FN2O2/c18-13-5-3-4-11(8-13)16(20-17(21)22)9-12-10-19-15-7-2-1-6-14(12)15/h1-8,10,16,19-20H,9H2,(H,21,22). The summed E-state index contributed by atoms with van der Waals surface area (Å²) in [6.07, 6.45) is 1.18. The summed E-state index contributed by atoms with van der Waals surface area (Å²) >= 11 is 0. The van der Waals surface area contributed by atoms with Gasteiger partial charge in [-0.15, -0.1) is 0 Å². The quantitative estimate of drug-likeness (QED) is 0.685. The van der Waals surface area contributed by atoms with Crippen LogP contribution in [0.3, 0.4) is 0 Å². The number of rotatable bonds is 4. The monoisotopic (exact) mass is 298 g/mol. The second kappa shape index (κ2) is 5.89. The van der Waals surface area contributed by atoms with Crippen molar-refractivity contribution in [1.82, 2.24) is 10.3 Å². The number of aromatic amines is 1. The predicted molar refractivity (Wildman–Crippen MR) is 82.3 cm³/mol. The molecule has 0 saturated carbocycles. The number of carboxylic acid groups (broad SMARTS) is 1. The highest BCUT2D eigenvalue weighted by atomic mass is 19.1. The third kappa shape index (κ3) is 2.93. The molecule has 0 spiro atoms. The number of benzene rings is 2. The summed E-state index contributed by atoms with van der Waals surface area (Å²) in [7, 11) is 0. The molecule has 112 valence electrons. The molecule has 22 heavy (non-hydrogen) atoms. The van der Waals surface area contributed by atoms with Crippen molar-refractivity contribution in [1.29, 1.82) is 0 Å². The lowest BCUT2D eigenvalue weighted by Gasteiger charge is -2.17. The van der Waals surface area contributed by atoms with Crippen molar-refractivity contribution in [3.8, 4) is 0 Å². The molecule has 0 fully saturated rings. The Morgan fingerprint density at radius 1 is 1.23 bits per heavy atom. The van der Waals surface area contributed by atoms with Gasteiger partial charge in [-0.2, -0.15) is 0 Å². The Labute approximate surface area is 126 Å². The van der Waals surface area contributed by atoms with E-state index in [1.807, 2.05) is 30.5 Å². The predicted octanol–water partition coefficient (Wildman–Crippen LogP) is 3.86. The van der Waals surface area contributed by atoms with Gasteiger partial charge in [-0.1, -0.05) is 30.3 Å². The van der Waals surface area contributed by atoms with E-state index in [1.54, 1.807) is 12.1 Å². The maximum Gasteiger partial charge on any atom is 0.405 e. The largest absolute Gasteiger partial charge is 0.465 e. The lowest BCUT2D eigenvalue weighted by atomic mass is 9.98. The van der Waals surface area contributed by atoms with Crippen LogP contribution in [0.15, 0.2) is 54.7 Å². The van der Waals surface area contributed by atoms with Gasteiger partial charge in [-0.25, -0.2) is 9.18 Å². The molecule has 1 aromatic heterocycles. The van der Waals surface area contributed by atoms with Crippen LogP contribution in [0.4, 0.5) is 9.18 Å². The highest BCUT2D eigenvalue weighted by Gasteiger charge is 2.17. The molecular formula is C17H15FN2O2. The third-order valence-corrected chi connectivity index (χ3v) is 3.65. The van der Waals surface area contributed by atoms with Gasteiger partial charge in [0.15, 0.2) is 0 Å². The molecule has 5 heteroatoms. The number of H-pyrrole nitrogens is 1. The fourth-order valence-electron chi connectivity index (χ4n) is 2.65. The fraction of sp³-hybridized carbons (Fsp3) is 0.118. The zero-order valence-corrected chi connectivity index (χ0v) is 11.7. The Morgan fingerprint density at radius 3 is 2.82 bits per heavy atom. The van der Waals surface area contributed by atoms with Crippen LogP contribution < -0.4 is 5.32 Å². The van der Waals surface area contributed by atoms with Crippen molar-refractivity contribution in [2.45, 2.75) is 12.5 Å². The van der Waals surface area contributed by atoms with E-state index in [0.29, 0.717) is 12.0 Å². The first-order valence-corrected chi connectivity index (χ1v) is 6.93. The van der Waals surface area contributed by atoms with E-state index in [2.05, 4.69) is 10.3 Å². The summed E-state index contributed by atoms with van der Waals surface area (Å²) in [6.45, 7) is 0. The minimum absolute atomic E-state index is 0.381. The Bertz CT molecular complexity index is 813. The van der Waals surface area contributed by atoms with Crippen molar-refractivity contribution in [3.63, 3.8) is 0 Å². The van der Waals surface area contributed by atoms with Gasteiger partial charge in [-0.3, -0.25) is 0 Å². The minimum atomic E-state index is -1.13. The highest BCUT2D eigenvalue weighted by molar-refractivity contribution is 5.83. The van der Waals surface area contributed by atoms with Crippen LogP contribution in [0.2, 0.25) is 0 Å². The second-order valence-electron chi connectivity index (χ2n) is 5.12. The lowest BCUT2D eigenvalue weighted by Crippen LogP contribution is -2.28. The van der Waals surface area contributed by atoms with Crippen LogP contribution in [0.25, 0.3) is 10.9 Å². The summed E-state index contributed by atoms with van der Waals surface area (Å²) in [5.74, 6) is -0.381. The zero-order chi connectivity index (χ0) is 15.5. The maximum atomic E-state index is 13.4. The average Bonchev–Trinajstić information content (AvgIpc) is 2.89. The molecule has 4 nitrogen and oxygen atoms in total. The van der Waals surface area contributed by atoms with Crippen LogP contribution in [-0.4, -0.2) is 16.2 Å². The normalized spacial score (nSPS) is 12.2. The van der Waals surface area contributed by atoms with Gasteiger partial charge in [0.25, 0.3) is 0 Å². The Hall–Kier alpha value is -2.82. The van der Waals surface area contributed by atoms with Crippen molar-refractivity contribution in [2.24, 2.45) is 0 Å². The molecule has 3 rings (SSSR count). The van der Waals surface area contributed by atoms with Crippen LogP contribution in [0.5, 0.6) is 0 Å². The first kappa shape index (κ1) is 14.1. The molecule has 0 saturated heterocycles. The van der Waals surface area contributed by atoms with Crippen LogP contribution in [0, 0.1) is 5.82 Å². The van der Waals surface area contributed by atoms with E-state index < -0.39 is 12.1 Å². The molecule has 0 bridgehead atoms. The molecule has 0 aliphatic rings. The topological polar surface area (TPSA) is 65.1 Å². The molecule has 1 amide bonds. The molecule has 3 aromatic rings. The van der Waals surface area contributed by atoms with Gasteiger partial charge in [0, 0.05) is 17.1 Å². The molecule has 1 heterocycles. The number of hydrogen-bond acceptors (Lipinski definition) is 1. The van der Waals surface area contributed by atoms with Gasteiger partial charge in [0.2, 0.25) is 0 Å². The van der Waals surface area contributed by atoms with Gasteiger partial charge in [0.1, 0.15) is 5.82 Å². The molecule has 1 atom stereocenters. The van der Waals surface area contributed by atoms with Crippen molar-refractivity contribution in [3.05, 3.63) is 71.7 Å². The number of halogens is 1. The number of para-hydroxylation sites is 1. The first-order chi connectivity index (χ1) is 10.6. The van der Waals surface area contributed by atoms with Crippen molar-refractivity contribution >= 4 is 17.0 Å². The van der Waals surface area contributed by atoms with E-state index in [4.69, 9.17) is 5.11 Å². The molecule has 2 aromatic carbocycles. The lowest BCUT2D eigenvalue weighted by molar-refractivity contribution is 0.190. The van der Waals surface area contributed by atoms with Crippen LogP contribution >= 0.6 is 0 Å². The fourth-order valence-corrected chi connectivity index (χ4v) is 2.65. The molecule has 0 radical (unpaired) electrons. The maximum absolute atomic E-state index is 13.4. The number of amides is 1. The summed E-state index contributed by atoms with van der Waals surface area (Å²) in [6, 6.07) is 13.3. The van der Waals surface area contributed by atoms with Gasteiger partial charge >= 0.3 is 6.09 Å². The molecule has 1 unspecified atom stereocenters. The molecule has 0 aliphatic carbocycles. The number of fused-ring (bicyclic) bond motifs is 1. The SMILES string of the molecule is O=C(O)NC(Cc1c[nH]c2ccccc12)c1cccc(F)c1. The third-order valence-electron chi connectivity index (χ3n) is 3.65. The van der Waals surface area contributed by atoms with Crippen LogP contribution in [0.1, 0.15) is 17.2 Å². The smallest absolute Gasteiger partial charge is 0.405 e. The highest BCUT2D eigenvalue weighted by Crippen LogP contribution is 2.25. The van der Waals surface area contributed by atoms with E-state index >= 15 is 0 Å². The van der Waals surface area contributed by atoms with Crippen LogP contribution in [-0.2, 0) is 6.42 Å². The summed E-state index contributed by atoms with van der Waals surface area (Å²) < 4.78 is 13.4. The second-order valence-corrected chi connectivity index (χ2v) is 5.12. The van der Waals surface area contributed by atoms with Gasteiger partial charge < -0.3 is 15.4 Å². The summed E-state index contributed by atoms with van der Waals surface area (Å²) in [5, 5.41) is 12.5. The summed E-state index contributed by atoms with van der Waals surface area (Å²) in [4.78, 5) is 14.2. The molecule has 3 N–H and O–H groups in total. The Balaban J connectivity index is 1.94. The number of aromatic nitrogens is 1.